The minimum Gasteiger partial charge on any atom is -0.358 e. The molecule has 1 saturated carbocycles. The lowest BCUT2D eigenvalue weighted by Crippen LogP contribution is -2.46. The third-order valence-corrected chi connectivity index (χ3v) is 5.04. The summed E-state index contributed by atoms with van der Waals surface area (Å²) in [6.07, 6.45) is 4.47. The lowest BCUT2D eigenvalue weighted by molar-refractivity contribution is -0.139. The van der Waals surface area contributed by atoms with Crippen molar-refractivity contribution in [3.05, 3.63) is 36.0 Å². The lowest BCUT2D eigenvalue weighted by Gasteiger charge is -2.24. The van der Waals surface area contributed by atoms with Crippen LogP contribution in [0.25, 0.3) is 10.9 Å². The molecule has 1 aromatic heterocycles. The van der Waals surface area contributed by atoms with E-state index >= 15 is 0 Å². The quantitative estimate of drug-likeness (QED) is 0.885. The number of hydrogen-bond donors (Lipinski definition) is 2. The Bertz CT molecular complexity index is 730. The van der Waals surface area contributed by atoms with E-state index in [1.807, 2.05) is 12.1 Å². The molecule has 0 spiro atoms. The summed E-state index contributed by atoms with van der Waals surface area (Å²) in [6.45, 7) is 1.32. The summed E-state index contributed by atoms with van der Waals surface area (Å²) in [5.74, 6) is 0.366. The Kier molecular flexibility index (Phi) is 4.00. The van der Waals surface area contributed by atoms with Crippen LogP contribution in [0.2, 0.25) is 0 Å². The summed E-state index contributed by atoms with van der Waals surface area (Å²) in [5, 5.41) is 4.20. The molecule has 5 nitrogen and oxygen atoms in total. The zero-order chi connectivity index (χ0) is 16.5. The van der Waals surface area contributed by atoms with Crippen LogP contribution in [0.1, 0.15) is 31.4 Å². The van der Waals surface area contributed by atoms with Crippen LogP contribution in [-0.2, 0) is 16.0 Å². The summed E-state index contributed by atoms with van der Waals surface area (Å²) in [5.41, 5.74) is 2.24. The Labute approximate surface area is 141 Å². The van der Waals surface area contributed by atoms with Gasteiger partial charge in [0.25, 0.3) is 0 Å². The van der Waals surface area contributed by atoms with E-state index in [2.05, 4.69) is 28.5 Å². The molecule has 0 bridgehead atoms. The second kappa shape index (κ2) is 6.30. The zero-order valence-corrected chi connectivity index (χ0v) is 13.8. The van der Waals surface area contributed by atoms with Gasteiger partial charge in [0, 0.05) is 36.6 Å². The maximum atomic E-state index is 12.5. The van der Waals surface area contributed by atoms with E-state index in [1.54, 1.807) is 4.90 Å². The van der Waals surface area contributed by atoms with Gasteiger partial charge in [-0.05, 0) is 43.2 Å². The molecule has 126 valence electrons. The minimum absolute atomic E-state index is 0.00221. The molecule has 2 aliphatic rings. The van der Waals surface area contributed by atoms with Gasteiger partial charge in [0.15, 0.2) is 0 Å². The molecule has 1 aliphatic heterocycles. The molecule has 0 unspecified atom stereocenters. The summed E-state index contributed by atoms with van der Waals surface area (Å²) >= 11 is 0. The molecule has 24 heavy (non-hydrogen) atoms. The van der Waals surface area contributed by atoms with E-state index in [9.17, 15) is 9.59 Å². The SMILES string of the molecule is O=C(NCCc1cc2ccccc2[nH]1)[C@@H]1CCCN1C(=O)C1CC1. The van der Waals surface area contributed by atoms with Crippen molar-refractivity contribution in [2.75, 3.05) is 13.1 Å². The second-order valence-corrected chi connectivity index (χ2v) is 6.89. The topological polar surface area (TPSA) is 65.2 Å². The summed E-state index contributed by atoms with van der Waals surface area (Å²) in [6, 6.07) is 10.0. The second-order valence-electron chi connectivity index (χ2n) is 6.89. The smallest absolute Gasteiger partial charge is 0.242 e. The molecule has 2 N–H and O–H groups in total. The zero-order valence-electron chi connectivity index (χ0n) is 13.8. The van der Waals surface area contributed by atoms with Gasteiger partial charge in [-0.15, -0.1) is 0 Å². The van der Waals surface area contributed by atoms with E-state index < -0.39 is 0 Å². The average Bonchev–Trinajstić information content (AvgIpc) is 3.17. The number of carbonyl (C=O) groups is 2. The third kappa shape index (κ3) is 3.03. The number of nitrogens with one attached hydrogen (secondary N) is 2. The van der Waals surface area contributed by atoms with Crippen molar-refractivity contribution < 1.29 is 9.59 Å². The van der Waals surface area contributed by atoms with Crippen molar-refractivity contribution in [3.63, 3.8) is 0 Å². The number of rotatable bonds is 5. The Morgan fingerprint density at radius 1 is 1.21 bits per heavy atom. The van der Waals surface area contributed by atoms with Gasteiger partial charge in [-0.25, -0.2) is 0 Å². The van der Waals surface area contributed by atoms with Crippen LogP contribution in [0.4, 0.5) is 0 Å². The normalized spacial score (nSPS) is 20.5. The van der Waals surface area contributed by atoms with Gasteiger partial charge >= 0.3 is 0 Å². The first-order chi connectivity index (χ1) is 11.7. The number of carbonyl (C=O) groups excluding carboxylic acids is 2. The molecule has 1 atom stereocenters. The van der Waals surface area contributed by atoms with Crippen molar-refractivity contribution in [1.82, 2.24) is 15.2 Å². The van der Waals surface area contributed by atoms with E-state index in [1.165, 1.54) is 5.39 Å². The molecule has 1 aliphatic carbocycles. The Balaban J connectivity index is 1.31. The highest BCUT2D eigenvalue weighted by Crippen LogP contribution is 2.33. The van der Waals surface area contributed by atoms with Crippen molar-refractivity contribution in [2.24, 2.45) is 5.92 Å². The van der Waals surface area contributed by atoms with E-state index in [0.29, 0.717) is 6.54 Å². The van der Waals surface area contributed by atoms with Crippen LogP contribution >= 0.6 is 0 Å². The number of likely N-dealkylation sites (tertiary alicyclic amines) is 1. The molecule has 2 amide bonds. The van der Waals surface area contributed by atoms with Gasteiger partial charge < -0.3 is 15.2 Å². The number of amides is 2. The molecule has 0 radical (unpaired) electrons. The fourth-order valence-electron chi connectivity index (χ4n) is 3.57. The van der Waals surface area contributed by atoms with Crippen molar-refractivity contribution in [2.45, 2.75) is 38.1 Å². The fourth-order valence-corrected chi connectivity index (χ4v) is 3.57. The maximum Gasteiger partial charge on any atom is 0.242 e. The predicted molar refractivity (Wildman–Crippen MR) is 92.5 cm³/mol. The number of fused-ring (bicyclic) bond motifs is 1. The number of hydrogen-bond acceptors (Lipinski definition) is 2. The first kappa shape index (κ1) is 15.2. The molecule has 1 aromatic carbocycles. The number of nitrogens with zero attached hydrogens (tertiary/aromatic N) is 1. The van der Waals surface area contributed by atoms with E-state index in [-0.39, 0.29) is 23.8 Å². The number of para-hydroxylation sites is 1. The number of aromatic amines is 1. The molecule has 4 rings (SSSR count). The number of aromatic nitrogens is 1. The van der Waals surface area contributed by atoms with E-state index in [0.717, 1.165) is 49.9 Å². The Morgan fingerprint density at radius 2 is 2.04 bits per heavy atom. The van der Waals surface area contributed by atoms with Crippen LogP contribution in [0.5, 0.6) is 0 Å². The summed E-state index contributed by atoms with van der Waals surface area (Å²) in [4.78, 5) is 29.9. The number of benzene rings is 1. The highest BCUT2D eigenvalue weighted by Gasteiger charge is 2.40. The van der Waals surface area contributed by atoms with Gasteiger partial charge in [0.1, 0.15) is 6.04 Å². The number of H-pyrrole nitrogens is 1. The molecule has 5 heteroatoms. The molecule has 2 heterocycles. The van der Waals surface area contributed by atoms with Gasteiger partial charge in [-0.1, -0.05) is 18.2 Å². The average molecular weight is 325 g/mol. The van der Waals surface area contributed by atoms with Crippen molar-refractivity contribution in [3.8, 4) is 0 Å². The standard InChI is InChI=1S/C19H23N3O2/c23-18(17-6-3-11-22(17)19(24)13-7-8-13)20-10-9-15-12-14-4-1-2-5-16(14)21-15/h1-2,4-5,12-13,17,21H,3,6-11H2,(H,20,23)/t17-/m0/s1. The monoisotopic (exact) mass is 325 g/mol. The highest BCUT2D eigenvalue weighted by atomic mass is 16.2. The first-order valence-corrected chi connectivity index (χ1v) is 8.87. The molecule has 2 aromatic rings. The Morgan fingerprint density at radius 3 is 2.83 bits per heavy atom. The van der Waals surface area contributed by atoms with Crippen molar-refractivity contribution >= 4 is 22.7 Å². The molecule has 1 saturated heterocycles. The maximum absolute atomic E-state index is 12.5. The molecule has 2 fully saturated rings. The largest absolute Gasteiger partial charge is 0.358 e. The van der Waals surface area contributed by atoms with Gasteiger partial charge in [0.2, 0.25) is 11.8 Å². The van der Waals surface area contributed by atoms with Gasteiger partial charge in [-0.2, -0.15) is 0 Å². The van der Waals surface area contributed by atoms with Gasteiger partial charge in [0.05, 0.1) is 0 Å². The van der Waals surface area contributed by atoms with Crippen molar-refractivity contribution in [1.29, 1.82) is 0 Å². The van der Waals surface area contributed by atoms with E-state index in [4.69, 9.17) is 0 Å². The fraction of sp³-hybridized carbons (Fsp3) is 0.474. The Hall–Kier alpha value is -2.30. The van der Waals surface area contributed by atoms with Crippen LogP contribution in [0, 0.1) is 5.92 Å². The van der Waals surface area contributed by atoms with Crippen LogP contribution in [0.15, 0.2) is 30.3 Å². The third-order valence-electron chi connectivity index (χ3n) is 5.04. The summed E-state index contributed by atoms with van der Waals surface area (Å²) < 4.78 is 0. The predicted octanol–water partition coefficient (Wildman–Crippen LogP) is 2.23. The first-order valence-electron chi connectivity index (χ1n) is 8.87. The molecular weight excluding hydrogens is 302 g/mol. The van der Waals surface area contributed by atoms with Crippen LogP contribution in [-0.4, -0.2) is 40.8 Å². The lowest BCUT2D eigenvalue weighted by atomic mass is 10.2. The van der Waals surface area contributed by atoms with Crippen LogP contribution in [0.3, 0.4) is 0 Å². The molecular formula is C19H23N3O2. The minimum atomic E-state index is -0.263. The summed E-state index contributed by atoms with van der Waals surface area (Å²) in [7, 11) is 0. The van der Waals surface area contributed by atoms with Gasteiger partial charge in [-0.3, -0.25) is 9.59 Å². The van der Waals surface area contributed by atoms with Crippen LogP contribution < -0.4 is 5.32 Å². The highest BCUT2D eigenvalue weighted by molar-refractivity contribution is 5.90.